The molecule has 0 aliphatic rings. The van der Waals surface area contributed by atoms with Crippen LogP contribution in [0.5, 0.6) is 0 Å². The first kappa shape index (κ1) is 19.8. The minimum Gasteiger partial charge on any atom is -0.454 e. The van der Waals surface area contributed by atoms with Crippen molar-refractivity contribution in [1.29, 1.82) is 0 Å². The number of thiazole rings is 1. The number of aryl methyl sites for hydroxylation is 2. The normalized spacial score (nSPS) is 10.9. The zero-order chi connectivity index (χ0) is 21.1. The molecule has 0 aliphatic heterocycles. The van der Waals surface area contributed by atoms with Crippen molar-refractivity contribution < 1.29 is 14.3 Å². The molecule has 8 heteroatoms. The molecular weight excluding hydrogens is 400 g/mol. The van der Waals surface area contributed by atoms with Gasteiger partial charge in [0.2, 0.25) is 0 Å². The fourth-order valence-electron chi connectivity index (χ4n) is 3.06. The number of para-hydroxylation sites is 2. The summed E-state index contributed by atoms with van der Waals surface area (Å²) >= 11 is 1.32. The van der Waals surface area contributed by atoms with Crippen LogP contribution < -0.4 is 5.32 Å². The highest BCUT2D eigenvalue weighted by atomic mass is 32.1. The van der Waals surface area contributed by atoms with E-state index in [0.29, 0.717) is 11.0 Å². The van der Waals surface area contributed by atoms with Crippen LogP contribution in [0.15, 0.2) is 53.9 Å². The van der Waals surface area contributed by atoms with Crippen molar-refractivity contribution in [2.24, 2.45) is 0 Å². The molecule has 2 aromatic heterocycles. The number of nitrogens with zero attached hydrogens (tertiary/aromatic N) is 3. The van der Waals surface area contributed by atoms with Crippen molar-refractivity contribution in [3.8, 4) is 11.3 Å². The monoisotopic (exact) mass is 420 g/mol. The van der Waals surface area contributed by atoms with Gasteiger partial charge in [-0.25, -0.2) is 9.97 Å². The summed E-state index contributed by atoms with van der Waals surface area (Å²) in [7, 11) is 0. The molecule has 2 heterocycles. The molecule has 0 saturated heterocycles. The van der Waals surface area contributed by atoms with Crippen LogP contribution in [0.2, 0.25) is 0 Å². The van der Waals surface area contributed by atoms with Crippen molar-refractivity contribution in [2.45, 2.75) is 20.4 Å². The molecule has 1 amide bonds. The lowest BCUT2D eigenvalue weighted by Gasteiger charge is -2.07. The van der Waals surface area contributed by atoms with Crippen LogP contribution in [0.4, 0.5) is 5.13 Å². The van der Waals surface area contributed by atoms with E-state index < -0.39 is 11.9 Å². The fraction of sp³-hybridized carbons (Fsp3) is 0.182. The number of ether oxygens (including phenoxy) is 1. The van der Waals surface area contributed by atoms with Gasteiger partial charge in [0, 0.05) is 10.9 Å². The molecule has 4 rings (SSSR count). The minimum absolute atomic E-state index is 0.00551. The number of hydrogen-bond acceptors (Lipinski definition) is 6. The Balaban J connectivity index is 1.32. The quantitative estimate of drug-likeness (QED) is 0.477. The summed E-state index contributed by atoms with van der Waals surface area (Å²) in [6, 6.07) is 15.6. The fourth-order valence-corrected chi connectivity index (χ4v) is 3.80. The molecule has 30 heavy (non-hydrogen) atoms. The second-order valence-electron chi connectivity index (χ2n) is 6.85. The van der Waals surface area contributed by atoms with Crippen LogP contribution >= 0.6 is 11.3 Å². The number of benzene rings is 2. The molecule has 0 atom stereocenters. The highest BCUT2D eigenvalue weighted by Gasteiger charge is 2.14. The van der Waals surface area contributed by atoms with E-state index >= 15 is 0 Å². The average molecular weight is 420 g/mol. The number of fused-ring (bicyclic) bond motifs is 1. The SMILES string of the molecule is Cc1ccc(-c2csc(NC(=O)COC(=O)Cn3c(C)nc4ccccc43)n2)cc1. The van der Waals surface area contributed by atoms with E-state index in [1.807, 2.05) is 67.8 Å². The van der Waals surface area contributed by atoms with Gasteiger partial charge in [-0.15, -0.1) is 11.3 Å². The lowest BCUT2D eigenvalue weighted by molar-refractivity contribution is -0.147. The number of carbonyl (C=O) groups excluding carboxylic acids is 2. The summed E-state index contributed by atoms with van der Waals surface area (Å²) < 4.78 is 6.90. The van der Waals surface area contributed by atoms with Gasteiger partial charge in [0.05, 0.1) is 16.7 Å². The lowest BCUT2D eigenvalue weighted by atomic mass is 10.1. The molecule has 152 valence electrons. The molecule has 1 N–H and O–H groups in total. The zero-order valence-electron chi connectivity index (χ0n) is 16.6. The molecule has 0 fully saturated rings. The van der Waals surface area contributed by atoms with E-state index in [4.69, 9.17) is 4.74 Å². The van der Waals surface area contributed by atoms with Crippen LogP contribution in [0.1, 0.15) is 11.4 Å². The van der Waals surface area contributed by atoms with E-state index in [-0.39, 0.29) is 13.2 Å². The predicted molar refractivity (Wildman–Crippen MR) is 116 cm³/mol. The van der Waals surface area contributed by atoms with Crippen LogP contribution in [0.3, 0.4) is 0 Å². The van der Waals surface area contributed by atoms with Gasteiger partial charge in [-0.05, 0) is 26.0 Å². The third kappa shape index (κ3) is 4.38. The van der Waals surface area contributed by atoms with Crippen LogP contribution in [-0.4, -0.2) is 33.0 Å². The van der Waals surface area contributed by atoms with Crippen LogP contribution in [-0.2, 0) is 20.9 Å². The van der Waals surface area contributed by atoms with Gasteiger partial charge in [-0.2, -0.15) is 0 Å². The maximum atomic E-state index is 12.2. The molecule has 7 nitrogen and oxygen atoms in total. The summed E-state index contributed by atoms with van der Waals surface area (Å²) in [6.45, 7) is 3.47. The zero-order valence-corrected chi connectivity index (χ0v) is 17.4. The van der Waals surface area contributed by atoms with Crippen molar-refractivity contribution >= 4 is 39.4 Å². The average Bonchev–Trinajstić information content (AvgIpc) is 3.32. The highest BCUT2D eigenvalue weighted by Crippen LogP contribution is 2.25. The first-order valence-electron chi connectivity index (χ1n) is 9.39. The van der Waals surface area contributed by atoms with E-state index in [1.54, 1.807) is 4.57 Å². The Bertz CT molecular complexity index is 1210. The summed E-state index contributed by atoms with van der Waals surface area (Å²) in [5, 5.41) is 5.01. The summed E-state index contributed by atoms with van der Waals surface area (Å²) in [6.07, 6.45) is 0. The van der Waals surface area contributed by atoms with Gasteiger partial charge in [-0.1, -0.05) is 42.0 Å². The van der Waals surface area contributed by atoms with Crippen molar-refractivity contribution in [1.82, 2.24) is 14.5 Å². The van der Waals surface area contributed by atoms with Gasteiger partial charge in [0.15, 0.2) is 11.7 Å². The Kier molecular flexibility index (Phi) is 5.58. The Hall–Kier alpha value is -3.52. The number of imidazole rings is 1. The standard InChI is InChI=1S/C22H20N4O3S/c1-14-7-9-16(10-8-14)18-13-30-22(24-18)25-20(27)12-29-21(28)11-26-15(2)23-17-5-3-4-6-19(17)26/h3-10,13H,11-12H2,1-2H3,(H,24,25,27). The Morgan fingerprint density at radius 1 is 1.07 bits per heavy atom. The van der Waals surface area contributed by atoms with Gasteiger partial charge in [-0.3, -0.25) is 14.9 Å². The van der Waals surface area contributed by atoms with Gasteiger partial charge >= 0.3 is 5.97 Å². The van der Waals surface area contributed by atoms with Gasteiger partial charge in [0.25, 0.3) is 5.91 Å². The summed E-state index contributed by atoms with van der Waals surface area (Å²) in [4.78, 5) is 33.2. The van der Waals surface area contributed by atoms with E-state index in [0.717, 1.165) is 22.3 Å². The topological polar surface area (TPSA) is 86.1 Å². The lowest BCUT2D eigenvalue weighted by Crippen LogP contribution is -2.23. The number of esters is 1. The number of anilines is 1. The molecule has 0 saturated carbocycles. The Labute approximate surface area is 177 Å². The smallest absolute Gasteiger partial charge is 0.326 e. The Morgan fingerprint density at radius 2 is 1.83 bits per heavy atom. The predicted octanol–water partition coefficient (Wildman–Crippen LogP) is 3.96. The summed E-state index contributed by atoms with van der Waals surface area (Å²) in [5.41, 5.74) is 4.60. The van der Waals surface area contributed by atoms with Crippen molar-refractivity contribution in [3.05, 3.63) is 65.3 Å². The molecule has 0 bridgehead atoms. The molecule has 2 aromatic carbocycles. The van der Waals surface area contributed by atoms with Gasteiger partial charge < -0.3 is 9.30 Å². The van der Waals surface area contributed by atoms with E-state index in [1.165, 1.54) is 16.9 Å². The molecular formula is C22H20N4O3S. The first-order chi connectivity index (χ1) is 14.5. The number of hydrogen-bond donors (Lipinski definition) is 1. The maximum absolute atomic E-state index is 12.2. The number of amides is 1. The first-order valence-corrected chi connectivity index (χ1v) is 10.3. The molecule has 4 aromatic rings. The van der Waals surface area contributed by atoms with Gasteiger partial charge in [0.1, 0.15) is 12.4 Å². The van der Waals surface area contributed by atoms with Crippen molar-refractivity contribution in [2.75, 3.05) is 11.9 Å². The van der Waals surface area contributed by atoms with Crippen molar-refractivity contribution in [3.63, 3.8) is 0 Å². The third-order valence-corrected chi connectivity index (χ3v) is 5.35. The highest BCUT2D eigenvalue weighted by molar-refractivity contribution is 7.14. The molecule has 0 radical (unpaired) electrons. The Morgan fingerprint density at radius 3 is 2.63 bits per heavy atom. The number of aromatic nitrogens is 3. The van der Waals surface area contributed by atoms with Crippen LogP contribution in [0, 0.1) is 13.8 Å². The third-order valence-electron chi connectivity index (χ3n) is 4.59. The molecule has 0 unspecified atom stereocenters. The van der Waals surface area contributed by atoms with E-state index in [2.05, 4.69) is 15.3 Å². The van der Waals surface area contributed by atoms with Crippen LogP contribution in [0.25, 0.3) is 22.3 Å². The minimum atomic E-state index is -0.504. The molecule has 0 aliphatic carbocycles. The second kappa shape index (κ2) is 8.46. The largest absolute Gasteiger partial charge is 0.454 e. The number of nitrogens with one attached hydrogen (secondary N) is 1. The number of rotatable bonds is 6. The summed E-state index contributed by atoms with van der Waals surface area (Å²) in [5.74, 6) is -0.222. The van der Waals surface area contributed by atoms with E-state index in [9.17, 15) is 9.59 Å². The molecule has 0 spiro atoms. The second-order valence-corrected chi connectivity index (χ2v) is 7.70. The maximum Gasteiger partial charge on any atom is 0.326 e. The number of carbonyl (C=O) groups is 2.